The number of carbonyl (C=O) groups is 1. The predicted octanol–water partition coefficient (Wildman–Crippen LogP) is 4.26. The van der Waals surface area contributed by atoms with Crippen molar-refractivity contribution in [3.63, 3.8) is 0 Å². The molecule has 1 fully saturated rings. The molecule has 1 N–H and O–H groups in total. The van der Waals surface area contributed by atoms with Crippen LogP contribution in [0.2, 0.25) is 0 Å². The first-order valence-corrected chi connectivity index (χ1v) is 9.52. The average molecular weight is 418 g/mol. The van der Waals surface area contributed by atoms with Gasteiger partial charge in [0.15, 0.2) is 0 Å². The second kappa shape index (κ2) is 8.56. The number of urea groups is 1. The number of anilines is 2. The highest BCUT2D eigenvalue weighted by Crippen LogP contribution is 2.21. The average Bonchev–Trinajstić information content (AvgIpc) is 2.66. The molecular formula is C20H24BrN3O2. The summed E-state index contributed by atoms with van der Waals surface area (Å²) in [6.07, 6.45) is 0. The van der Waals surface area contributed by atoms with Crippen molar-refractivity contribution in [1.29, 1.82) is 0 Å². The molecule has 0 unspecified atom stereocenters. The van der Waals surface area contributed by atoms with E-state index in [1.807, 2.05) is 25.1 Å². The van der Waals surface area contributed by atoms with Crippen LogP contribution in [0.5, 0.6) is 0 Å². The molecular weight excluding hydrogens is 394 g/mol. The molecule has 0 radical (unpaired) electrons. The van der Waals surface area contributed by atoms with E-state index >= 15 is 0 Å². The van der Waals surface area contributed by atoms with Gasteiger partial charge in [0.05, 0.1) is 13.2 Å². The van der Waals surface area contributed by atoms with Gasteiger partial charge in [-0.25, -0.2) is 4.79 Å². The first-order chi connectivity index (χ1) is 12.5. The Kier molecular flexibility index (Phi) is 6.16. The van der Waals surface area contributed by atoms with Crippen molar-refractivity contribution < 1.29 is 9.53 Å². The number of rotatable bonds is 4. The Morgan fingerprint density at radius 2 is 1.88 bits per heavy atom. The molecule has 0 saturated carbocycles. The zero-order valence-corrected chi connectivity index (χ0v) is 16.8. The Morgan fingerprint density at radius 3 is 2.54 bits per heavy atom. The molecule has 2 aromatic carbocycles. The van der Waals surface area contributed by atoms with E-state index in [1.165, 1.54) is 5.69 Å². The molecule has 2 amide bonds. The molecule has 0 spiro atoms. The third kappa shape index (κ3) is 4.77. The minimum atomic E-state index is -0.127. The second-order valence-corrected chi connectivity index (χ2v) is 7.37. The summed E-state index contributed by atoms with van der Waals surface area (Å²) < 4.78 is 6.37. The number of nitrogens with zero attached hydrogens (tertiary/aromatic N) is 2. The lowest BCUT2D eigenvalue weighted by Gasteiger charge is -2.29. The minimum absolute atomic E-state index is 0.127. The summed E-state index contributed by atoms with van der Waals surface area (Å²) in [5.74, 6) is 0. The lowest BCUT2D eigenvalue weighted by atomic mass is 10.2. The molecule has 5 nitrogen and oxygen atoms in total. The van der Waals surface area contributed by atoms with Gasteiger partial charge in [0.2, 0.25) is 0 Å². The Balaban J connectivity index is 1.57. The van der Waals surface area contributed by atoms with Gasteiger partial charge in [-0.2, -0.15) is 0 Å². The molecule has 0 atom stereocenters. The molecule has 138 valence electrons. The summed E-state index contributed by atoms with van der Waals surface area (Å²) in [5.41, 5.74) is 4.22. The van der Waals surface area contributed by atoms with Crippen LogP contribution in [0.15, 0.2) is 46.9 Å². The van der Waals surface area contributed by atoms with Gasteiger partial charge in [-0.15, -0.1) is 0 Å². The van der Waals surface area contributed by atoms with Gasteiger partial charge in [0.25, 0.3) is 0 Å². The second-order valence-electron chi connectivity index (χ2n) is 6.52. The molecule has 6 heteroatoms. The molecule has 1 aliphatic rings. The van der Waals surface area contributed by atoms with Crippen LogP contribution in [0.4, 0.5) is 16.2 Å². The number of benzene rings is 2. The quantitative estimate of drug-likeness (QED) is 0.807. The molecule has 0 aromatic heterocycles. The summed E-state index contributed by atoms with van der Waals surface area (Å²) in [4.78, 5) is 16.4. The van der Waals surface area contributed by atoms with Crippen LogP contribution >= 0.6 is 15.9 Å². The van der Waals surface area contributed by atoms with Crippen molar-refractivity contribution in [1.82, 2.24) is 4.90 Å². The van der Waals surface area contributed by atoms with Crippen molar-refractivity contribution in [2.45, 2.75) is 13.5 Å². The molecule has 2 aromatic rings. The lowest BCUT2D eigenvalue weighted by Crippen LogP contribution is -2.36. The van der Waals surface area contributed by atoms with Crippen molar-refractivity contribution in [3.05, 3.63) is 58.1 Å². The highest BCUT2D eigenvalue weighted by molar-refractivity contribution is 9.10. The molecule has 3 rings (SSSR count). The zero-order valence-electron chi connectivity index (χ0n) is 15.2. The molecule has 0 bridgehead atoms. The van der Waals surface area contributed by atoms with Crippen LogP contribution in [0.1, 0.15) is 11.1 Å². The number of amides is 2. The van der Waals surface area contributed by atoms with Gasteiger partial charge in [0, 0.05) is 42.5 Å². The Hall–Kier alpha value is -2.05. The molecule has 1 saturated heterocycles. The SMILES string of the molecule is Cc1ccc(NC(=O)N(C)Cc2ccc(N3CCOCC3)cc2)cc1Br. The smallest absolute Gasteiger partial charge is 0.321 e. The van der Waals surface area contributed by atoms with E-state index in [2.05, 4.69) is 50.4 Å². The Bertz CT molecular complexity index is 758. The summed E-state index contributed by atoms with van der Waals surface area (Å²) in [6, 6.07) is 14.1. The summed E-state index contributed by atoms with van der Waals surface area (Å²) >= 11 is 3.49. The maximum atomic E-state index is 12.4. The van der Waals surface area contributed by atoms with Crippen molar-refractivity contribution in [2.24, 2.45) is 0 Å². The number of nitrogens with one attached hydrogen (secondary N) is 1. The molecule has 1 heterocycles. The van der Waals surface area contributed by atoms with Crippen LogP contribution in [0.25, 0.3) is 0 Å². The van der Waals surface area contributed by atoms with Gasteiger partial charge in [-0.05, 0) is 42.3 Å². The minimum Gasteiger partial charge on any atom is -0.378 e. The fourth-order valence-corrected chi connectivity index (χ4v) is 3.25. The van der Waals surface area contributed by atoms with Gasteiger partial charge in [0.1, 0.15) is 0 Å². The molecule has 1 aliphatic heterocycles. The lowest BCUT2D eigenvalue weighted by molar-refractivity contribution is 0.122. The largest absolute Gasteiger partial charge is 0.378 e. The number of hydrogen-bond acceptors (Lipinski definition) is 3. The van der Waals surface area contributed by atoms with E-state index in [9.17, 15) is 4.79 Å². The highest BCUT2D eigenvalue weighted by Gasteiger charge is 2.13. The third-order valence-corrected chi connectivity index (χ3v) is 5.36. The van der Waals surface area contributed by atoms with Crippen LogP contribution in [-0.2, 0) is 11.3 Å². The van der Waals surface area contributed by atoms with E-state index < -0.39 is 0 Å². The maximum Gasteiger partial charge on any atom is 0.321 e. The normalized spacial score (nSPS) is 14.2. The Labute approximate surface area is 163 Å². The molecule has 0 aliphatic carbocycles. The van der Waals surface area contributed by atoms with Crippen LogP contribution in [0, 0.1) is 6.92 Å². The number of aryl methyl sites for hydroxylation is 1. The number of carbonyl (C=O) groups excluding carboxylic acids is 1. The predicted molar refractivity (Wildman–Crippen MR) is 109 cm³/mol. The van der Waals surface area contributed by atoms with E-state index in [4.69, 9.17) is 4.74 Å². The van der Waals surface area contributed by atoms with Gasteiger partial charge in [-0.3, -0.25) is 0 Å². The number of ether oxygens (including phenoxy) is 1. The Morgan fingerprint density at radius 1 is 1.19 bits per heavy atom. The number of halogens is 1. The van der Waals surface area contributed by atoms with Crippen molar-refractivity contribution in [3.8, 4) is 0 Å². The number of hydrogen-bond donors (Lipinski definition) is 1. The fraction of sp³-hybridized carbons (Fsp3) is 0.350. The highest BCUT2D eigenvalue weighted by atomic mass is 79.9. The van der Waals surface area contributed by atoms with Crippen LogP contribution < -0.4 is 10.2 Å². The first kappa shape index (κ1) is 18.7. The monoisotopic (exact) mass is 417 g/mol. The molecule has 26 heavy (non-hydrogen) atoms. The maximum absolute atomic E-state index is 12.4. The van der Waals surface area contributed by atoms with Crippen molar-refractivity contribution >= 4 is 33.3 Å². The summed E-state index contributed by atoms with van der Waals surface area (Å²) in [5, 5.41) is 2.93. The first-order valence-electron chi connectivity index (χ1n) is 8.73. The van der Waals surface area contributed by atoms with Gasteiger partial charge < -0.3 is 19.9 Å². The van der Waals surface area contributed by atoms with Gasteiger partial charge in [-0.1, -0.05) is 34.1 Å². The van der Waals surface area contributed by atoms with Crippen molar-refractivity contribution in [2.75, 3.05) is 43.6 Å². The summed E-state index contributed by atoms with van der Waals surface area (Å²) in [6.45, 7) is 5.98. The zero-order chi connectivity index (χ0) is 18.5. The fourth-order valence-electron chi connectivity index (χ4n) is 2.87. The summed E-state index contributed by atoms with van der Waals surface area (Å²) in [7, 11) is 1.80. The topological polar surface area (TPSA) is 44.8 Å². The number of morpholine rings is 1. The van der Waals surface area contributed by atoms with Crippen LogP contribution in [0.3, 0.4) is 0 Å². The van der Waals surface area contributed by atoms with Gasteiger partial charge >= 0.3 is 6.03 Å². The van der Waals surface area contributed by atoms with E-state index in [0.717, 1.165) is 47.6 Å². The van der Waals surface area contributed by atoms with E-state index in [0.29, 0.717) is 6.54 Å². The van der Waals surface area contributed by atoms with Crippen LogP contribution in [-0.4, -0.2) is 44.3 Å². The van der Waals surface area contributed by atoms with E-state index in [-0.39, 0.29) is 6.03 Å². The third-order valence-electron chi connectivity index (χ3n) is 4.50. The van der Waals surface area contributed by atoms with E-state index in [1.54, 1.807) is 11.9 Å². The standard InChI is InChI=1S/C20H24BrN3O2/c1-15-3-6-17(13-19(15)21)22-20(25)23(2)14-16-4-7-18(8-5-16)24-9-11-26-12-10-24/h3-8,13H,9-12,14H2,1-2H3,(H,22,25).